The highest BCUT2D eigenvalue weighted by atomic mass is 16.1. The normalized spacial score (nSPS) is 12.3. The number of hydrogen-bond acceptors (Lipinski definition) is 1. The molecule has 0 saturated carbocycles. The summed E-state index contributed by atoms with van der Waals surface area (Å²) < 4.78 is 4.69. The van der Waals surface area contributed by atoms with Gasteiger partial charge in [0.05, 0.1) is 22.1 Å². The largest absolute Gasteiger partial charge is 0.309 e. The van der Waals surface area contributed by atoms with Gasteiger partial charge in [-0.3, -0.25) is 4.79 Å². The lowest BCUT2D eigenvalue weighted by atomic mass is 9.80. The van der Waals surface area contributed by atoms with E-state index in [1.54, 1.807) is 0 Å². The first kappa shape index (κ1) is 42.1. The Hall–Kier alpha value is -8.53. The molecule has 0 aliphatic heterocycles. The first-order chi connectivity index (χ1) is 33.2. The third-order valence-electron chi connectivity index (χ3n) is 13.6. The number of nitrogens with zero attached hydrogens (tertiary/aromatic N) is 2. The van der Waals surface area contributed by atoms with Gasteiger partial charge in [-0.15, -0.1) is 0 Å². The summed E-state index contributed by atoms with van der Waals surface area (Å²) >= 11 is 0. The Bertz CT molecular complexity index is 3800. The van der Waals surface area contributed by atoms with Crippen LogP contribution in [0.4, 0.5) is 0 Å². The summed E-state index contributed by atoms with van der Waals surface area (Å²) in [6, 6.07) is 68.7. The van der Waals surface area contributed by atoms with E-state index in [1.807, 2.05) is 43.3 Å². The first-order valence-electron chi connectivity index (χ1n) is 23.3. The molecule has 3 nitrogen and oxygen atoms in total. The van der Waals surface area contributed by atoms with Gasteiger partial charge in [0.15, 0.2) is 5.78 Å². The number of carbonyl (C=O) groups is 1. The molecule has 1 aliphatic rings. The lowest BCUT2D eigenvalue weighted by molar-refractivity contribution is 0.103. The molecule has 1 aliphatic carbocycles. The molecule has 0 N–H and O–H groups in total. The second-order valence-electron chi connectivity index (χ2n) is 18.0. The minimum Gasteiger partial charge on any atom is -0.309 e. The number of ketones is 1. The van der Waals surface area contributed by atoms with Crippen LogP contribution in [0.5, 0.6) is 0 Å². The molecule has 9 aromatic carbocycles. The molecule has 326 valence electrons. The van der Waals surface area contributed by atoms with E-state index >= 15 is 0 Å². The molecular weight excluding hydrogens is 825 g/mol. The molecule has 0 fully saturated rings. The maximum atomic E-state index is 14.2. The van der Waals surface area contributed by atoms with Gasteiger partial charge < -0.3 is 9.13 Å². The minimum absolute atomic E-state index is 0.0326. The topological polar surface area (TPSA) is 26.9 Å². The van der Waals surface area contributed by atoms with Gasteiger partial charge in [-0.05, 0) is 163 Å². The molecular formula is C65H50N2O. The first-order valence-corrected chi connectivity index (χ1v) is 23.3. The number of aryl methyl sites for hydroxylation is 3. The fourth-order valence-corrected chi connectivity index (χ4v) is 10.2. The number of aromatic nitrogens is 2. The van der Waals surface area contributed by atoms with Crippen LogP contribution < -0.4 is 0 Å². The zero-order valence-electron chi connectivity index (χ0n) is 38.8. The van der Waals surface area contributed by atoms with Gasteiger partial charge in [-0.2, -0.15) is 0 Å². The van der Waals surface area contributed by atoms with Crippen molar-refractivity contribution in [3.63, 3.8) is 0 Å². The maximum absolute atomic E-state index is 14.2. The summed E-state index contributed by atoms with van der Waals surface area (Å²) in [7, 11) is 0. The Morgan fingerprint density at radius 3 is 1.38 bits per heavy atom. The van der Waals surface area contributed by atoms with E-state index in [0.29, 0.717) is 11.1 Å². The summed E-state index contributed by atoms with van der Waals surface area (Å²) in [5.41, 5.74) is 21.4. The monoisotopic (exact) mass is 874 g/mol. The number of allylic oxidation sites excluding steroid dienone is 3. The Labute approximate surface area is 397 Å². The summed E-state index contributed by atoms with van der Waals surface area (Å²) in [4.78, 5) is 14.2. The molecule has 2 heterocycles. The summed E-state index contributed by atoms with van der Waals surface area (Å²) in [6.07, 6.45) is 3.93. The Morgan fingerprint density at radius 1 is 0.426 bits per heavy atom. The maximum Gasteiger partial charge on any atom is 0.194 e. The van der Waals surface area contributed by atoms with E-state index in [0.717, 1.165) is 50.3 Å². The van der Waals surface area contributed by atoms with Crippen molar-refractivity contribution in [3.05, 3.63) is 264 Å². The van der Waals surface area contributed by atoms with E-state index in [2.05, 4.69) is 213 Å². The third kappa shape index (κ3) is 7.21. The highest BCUT2D eigenvalue weighted by molar-refractivity contribution is 6.19. The third-order valence-corrected chi connectivity index (χ3v) is 13.6. The van der Waals surface area contributed by atoms with Crippen LogP contribution in [0.1, 0.15) is 56.2 Å². The smallest absolute Gasteiger partial charge is 0.194 e. The van der Waals surface area contributed by atoms with Crippen molar-refractivity contribution >= 4 is 60.5 Å². The standard InChI is InChI=1S/C54H38N2O.C11H12/c1-32-9-24-51-46(27-32)43-7-5-6-8-50(43)55(51)40-18-14-37(15-19-40)39-16-22-42-35(4)45-30-38(17-23-44(45)54(57)49(42)31-39)36-12-20-41(21-13-36)56-52-25-10-33(2)28-47(52)48-29-34(3)11-26-53(48)56;1-3-10(4-2)11-8-6-5-7-9-11/h5-31H,4H2,1-3H3;3-9H,1H2,2H3/b;10-4+. The molecule has 0 atom stereocenters. The van der Waals surface area contributed by atoms with Gasteiger partial charge in [0.2, 0.25) is 0 Å². The molecule has 0 radical (unpaired) electrons. The Morgan fingerprint density at radius 2 is 0.868 bits per heavy atom. The molecule has 0 bridgehead atoms. The zero-order chi connectivity index (χ0) is 46.6. The van der Waals surface area contributed by atoms with Gasteiger partial charge in [0, 0.05) is 44.0 Å². The number of para-hydroxylation sites is 1. The average molecular weight is 875 g/mol. The number of benzene rings is 9. The van der Waals surface area contributed by atoms with Gasteiger partial charge in [0.25, 0.3) is 0 Å². The van der Waals surface area contributed by atoms with Crippen molar-refractivity contribution in [3.8, 4) is 33.6 Å². The molecule has 0 spiro atoms. The van der Waals surface area contributed by atoms with Gasteiger partial charge in [-0.25, -0.2) is 0 Å². The molecule has 12 rings (SSSR count). The second-order valence-corrected chi connectivity index (χ2v) is 18.0. The van der Waals surface area contributed by atoms with Crippen LogP contribution in [0.2, 0.25) is 0 Å². The van der Waals surface area contributed by atoms with Crippen molar-refractivity contribution in [2.45, 2.75) is 27.7 Å². The Kier molecular flexibility index (Phi) is 10.6. The SMILES string of the molecule is C=C/C(=C\C)c1ccccc1.C=C1c2cc(-c3ccc(-n4c5ccc(C)cc5c5cc(C)ccc54)cc3)ccc2C(=O)c2cc(-c3ccc(-n4c5ccccc5c5cc(C)ccc54)cc3)ccc21. The van der Waals surface area contributed by atoms with Crippen LogP contribution in [0.25, 0.3) is 88.4 Å². The molecule has 68 heavy (non-hydrogen) atoms. The Balaban J connectivity index is 0.000000408. The van der Waals surface area contributed by atoms with Gasteiger partial charge in [-0.1, -0.05) is 151 Å². The van der Waals surface area contributed by atoms with Crippen molar-refractivity contribution in [2.75, 3.05) is 0 Å². The lowest BCUT2D eigenvalue weighted by Crippen LogP contribution is -2.14. The molecule has 0 amide bonds. The number of fused-ring (bicyclic) bond motifs is 8. The quantitative estimate of drug-likeness (QED) is 0.153. The van der Waals surface area contributed by atoms with Crippen LogP contribution in [-0.2, 0) is 0 Å². The number of carbonyl (C=O) groups excluding carboxylic acids is 1. The molecule has 3 heteroatoms. The van der Waals surface area contributed by atoms with Crippen LogP contribution >= 0.6 is 0 Å². The zero-order valence-corrected chi connectivity index (χ0v) is 38.8. The van der Waals surface area contributed by atoms with Crippen LogP contribution in [0, 0.1) is 20.8 Å². The van der Waals surface area contributed by atoms with Crippen molar-refractivity contribution in [1.29, 1.82) is 0 Å². The highest BCUT2D eigenvalue weighted by Crippen LogP contribution is 2.40. The average Bonchev–Trinajstić information content (AvgIpc) is 3.87. The summed E-state index contributed by atoms with van der Waals surface area (Å²) in [6.45, 7) is 16.7. The van der Waals surface area contributed by atoms with E-state index in [9.17, 15) is 4.79 Å². The van der Waals surface area contributed by atoms with E-state index in [1.165, 1.54) is 71.4 Å². The van der Waals surface area contributed by atoms with E-state index in [4.69, 9.17) is 0 Å². The fraction of sp³-hybridized carbons (Fsp3) is 0.0615. The van der Waals surface area contributed by atoms with Crippen molar-refractivity contribution in [2.24, 2.45) is 0 Å². The van der Waals surface area contributed by atoms with Crippen LogP contribution in [-0.4, -0.2) is 14.9 Å². The molecule has 0 saturated heterocycles. The summed E-state index contributed by atoms with van der Waals surface area (Å²) in [5.74, 6) is 0.0326. The highest BCUT2D eigenvalue weighted by Gasteiger charge is 2.27. The lowest BCUT2D eigenvalue weighted by Gasteiger charge is -2.22. The predicted molar refractivity (Wildman–Crippen MR) is 289 cm³/mol. The minimum atomic E-state index is 0.0326. The second kappa shape index (κ2) is 17.0. The van der Waals surface area contributed by atoms with Crippen LogP contribution in [0.15, 0.2) is 219 Å². The summed E-state index contributed by atoms with van der Waals surface area (Å²) in [5, 5.41) is 5.05. The van der Waals surface area contributed by atoms with Gasteiger partial charge in [0.1, 0.15) is 0 Å². The van der Waals surface area contributed by atoms with E-state index < -0.39 is 0 Å². The molecule has 11 aromatic rings. The van der Waals surface area contributed by atoms with Gasteiger partial charge >= 0.3 is 0 Å². The van der Waals surface area contributed by atoms with Crippen molar-refractivity contribution in [1.82, 2.24) is 9.13 Å². The predicted octanol–water partition coefficient (Wildman–Crippen LogP) is 17.0. The fourth-order valence-electron chi connectivity index (χ4n) is 10.2. The van der Waals surface area contributed by atoms with E-state index in [-0.39, 0.29) is 5.78 Å². The molecule has 2 aromatic heterocycles. The molecule has 0 unspecified atom stereocenters. The van der Waals surface area contributed by atoms with Crippen LogP contribution in [0.3, 0.4) is 0 Å². The number of rotatable bonds is 6. The number of hydrogen-bond donors (Lipinski definition) is 0. The van der Waals surface area contributed by atoms with Crippen molar-refractivity contribution < 1.29 is 4.79 Å².